The summed E-state index contributed by atoms with van der Waals surface area (Å²) in [4.78, 5) is 29.3. The van der Waals surface area contributed by atoms with Crippen LogP contribution in [0.5, 0.6) is 5.75 Å². The van der Waals surface area contributed by atoms with Crippen LogP contribution in [0, 0.1) is 0 Å². The first-order valence-electron chi connectivity index (χ1n) is 10.5. The lowest BCUT2D eigenvalue weighted by Crippen LogP contribution is -2.23. The fourth-order valence-corrected chi connectivity index (χ4v) is 5.54. The maximum absolute atomic E-state index is 12.6. The number of benzene rings is 2. The van der Waals surface area contributed by atoms with Gasteiger partial charge in [0.15, 0.2) is 14.6 Å². The third-order valence-corrected chi connectivity index (χ3v) is 7.74. The largest absolute Gasteiger partial charge is 0.497 e. The van der Waals surface area contributed by atoms with Gasteiger partial charge in [-0.2, -0.15) is 4.99 Å². The van der Waals surface area contributed by atoms with E-state index in [9.17, 15) is 18.0 Å². The number of ether oxygens (including phenoxy) is 2. The highest BCUT2D eigenvalue weighted by atomic mass is 32.2. The van der Waals surface area contributed by atoms with E-state index in [2.05, 4.69) is 4.99 Å². The van der Waals surface area contributed by atoms with Crippen molar-refractivity contribution in [3.8, 4) is 5.75 Å². The smallest absolute Gasteiger partial charge is 0.326 e. The van der Waals surface area contributed by atoms with Crippen molar-refractivity contribution in [3.63, 3.8) is 0 Å². The molecule has 8 nitrogen and oxygen atoms in total. The number of aromatic nitrogens is 1. The molecule has 0 unspecified atom stereocenters. The molecule has 3 aromatic rings. The van der Waals surface area contributed by atoms with Crippen molar-refractivity contribution in [2.24, 2.45) is 4.99 Å². The third-order valence-electron chi connectivity index (χ3n) is 4.97. The van der Waals surface area contributed by atoms with Crippen LogP contribution in [0.1, 0.15) is 25.8 Å². The Labute approximate surface area is 196 Å². The van der Waals surface area contributed by atoms with Crippen molar-refractivity contribution in [3.05, 3.63) is 52.8 Å². The van der Waals surface area contributed by atoms with Crippen molar-refractivity contribution >= 4 is 43.3 Å². The zero-order valence-electron chi connectivity index (χ0n) is 18.7. The van der Waals surface area contributed by atoms with Crippen LogP contribution in [0.4, 0.5) is 0 Å². The van der Waals surface area contributed by atoms with Crippen LogP contribution in [0.3, 0.4) is 0 Å². The fraction of sp³-hybridized carbons (Fsp3) is 0.348. The average Bonchev–Trinajstić information content (AvgIpc) is 3.13. The summed E-state index contributed by atoms with van der Waals surface area (Å²) in [6.07, 6.45) is 0.572. The minimum atomic E-state index is -3.66. The molecule has 0 N–H and O–H groups in total. The van der Waals surface area contributed by atoms with Gasteiger partial charge in [-0.3, -0.25) is 9.59 Å². The Morgan fingerprint density at radius 3 is 2.45 bits per heavy atom. The fourth-order valence-electron chi connectivity index (χ4n) is 3.20. The summed E-state index contributed by atoms with van der Waals surface area (Å²) in [6.45, 7) is 3.92. The molecule has 0 aliphatic carbocycles. The summed E-state index contributed by atoms with van der Waals surface area (Å²) in [5, 5.41) is 0. The topological polar surface area (TPSA) is 104 Å². The number of aryl methyl sites for hydroxylation is 1. The molecule has 0 atom stereocenters. The van der Waals surface area contributed by atoms with Gasteiger partial charge in [0.2, 0.25) is 5.91 Å². The van der Waals surface area contributed by atoms with Crippen LogP contribution in [0.15, 0.2) is 52.4 Å². The summed E-state index contributed by atoms with van der Waals surface area (Å²) in [5.74, 6) is -0.841. The van der Waals surface area contributed by atoms with E-state index in [0.717, 1.165) is 22.2 Å². The summed E-state index contributed by atoms with van der Waals surface area (Å²) >= 11 is 1.28. The van der Waals surface area contributed by atoms with E-state index in [1.54, 1.807) is 23.6 Å². The quantitative estimate of drug-likeness (QED) is 0.427. The second-order valence-electron chi connectivity index (χ2n) is 7.18. The van der Waals surface area contributed by atoms with Crippen LogP contribution in [-0.4, -0.2) is 44.3 Å². The number of amides is 1. The number of nitrogens with zero attached hydrogens (tertiary/aromatic N) is 2. The number of thiazole rings is 1. The van der Waals surface area contributed by atoms with Gasteiger partial charge in [-0.15, -0.1) is 0 Å². The van der Waals surface area contributed by atoms with Crippen LogP contribution >= 0.6 is 11.3 Å². The van der Waals surface area contributed by atoms with E-state index in [1.807, 2.05) is 25.1 Å². The highest BCUT2D eigenvalue weighted by molar-refractivity contribution is 7.91. The number of hydrogen-bond donors (Lipinski definition) is 0. The molecule has 0 saturated heterocycles. The first kappa shape index (κ1) is 24.7. The van der Waals surface area contributed by atoms with Gasteiger partial charge in [-0.1, -0.05) is 24.3 Å². The Morgan fingerprint density at radius 2 is 1.82 bits per heavy atom. The Balaban J connectivity index is 1.87. The zero-order valence-corrected chi connectivity index (χ0v) is 20.4. The molecule has 1 heterocycles. The lowest BCUT2D eigenvalue weighted by Gasteiger charge is -2.06. The summed E-state index contributed by atoms with van der Waals surface area (Å²) in [6, 6.07) is 11.9. The molecular weight excluding hydrogens is 464 g/mol. The molecule has 0 bridgehead atoms. The molecule has 0 aliphatic rings. The number of sulfone groups is 1. The Kier molecular flexibility index (Phi) is 8.04. The van der Waals surface area contributed by atoms with Gasteiger partial charge in [0.05, 0.1) is 34.6 Å². The number of methoxy groups -OCH3 is 1. The van der Waals surface area contributed by atoms with E-state index in [0.29, 0.717) is 10.6 Å². The number of carbonyl (C=O) groups is 2. The second-order valence-corrected chi connectivity index (χ2v) is 10.3. The van der Waals surface area contributed by atoms with Gasteiger partial charge in [0, 0.05) is 6.42 Å². The molecule has 176 valence electrons. The van der Waals surface area contributed by atoms with Crippen molar-refractivity contribution in [2.75, 3.05) is 19.5 Å². The molecule has 1 aromatic heterocycles. The van der Waals surface area contributed by atoms with E-state index < -0.39 is 21.7 Å². The van der Waals surface area contributed by atoms with Crippen molar-refractivity contribution in [1.29, 1.82) is 0 Å². The molecule has 3 rings (SSSR count). The number of fused-ring (bicyclic) bond motifs is 1. The summed E-state index contributed by atoms with van der Waals surface area (Å²) in [5.41, 5.74) is 1.89. The minimum Gasteiger partial charge on any atom is -0.497 e. The molecule has 0 aliphatic heterocycles. The average molecular weight is 491 g/mol. The number of esters is 1. The highest BCUT2D eigenvalue weighted by Gasteiger charge is 2.17. The van der Waals surface area contributed by atoms with Crippen LogP contribution in [-0.2, 0) is 37.1 Å². The first-order valence-corrected chi connectivity index (χ1v) is 13.0. The minimum absolute atomic E-state index is 0.0877. The maximum Gasteiger partial charge on any atom is 0.326 e. The van der Waals surface area contributed by atoms with Gasteiger partial charge in [0.25, 0.3) is 0 Å². The van der Waals surface area contributed by atoms with E-state index in [1.165, 1.54) is 30.6 Å². The SMILES string of the molecule is CCOC(=O)Cn1c(=NC(=O)CCS(=O)(=O)c2ccc(OC)cc2)sc2cc(CC)ccc21. The molecule has 2 aromatic carbocycles. The molecular formula is C23H26N2O6S2. The number of carbonyl (C=O) groups excluding carboxylic acids is 2. The zero-order chi connectivity index (χ0) is 24.0. The van der Waals surface area contributed by atoms with Gasteiger partial charge in [-0.05, 0) is 55.3 Å². The van der Waals surface area contributed by atoms with Gasteiger partial charge in [-0.25, -0.2) is 8.42 Å². The van der Waals surface area contributed by atoms with Crippen molar-refractivity contribution in [1.82, 2.24) is 4.57 Å². The standard InChI is InChI=1S/C23H26N2O6S2/c1-4-16-6-11-19-20(14-16)32-23(25(19)15-22(27)31-5-2)24-21(26)12-13-33(28,29)18-9-7-17(30-3)8-10-18/h6-11,14H,4-5,12-13,15H2,1-3H3. The van der Waals surface area contributed by atoms with Crippen LogP contribution in [0.2, 0.25) is 0 Å². The van der Waals surface area contributed by atoms with Crippen molar-refractivity contribution < 1.29 is 27.5 Å². The molecule has 10 heteroatoms. The predicted octanol–water partition coefficient (Wildman–Crippen LogP) is 3.13. The molecule has 0 radical (unpaired) electrons. The van der Waals surface area contributed by atoms with E-state index >= 15 is 0 Å². The van der Waals surface area contributed by atoms with Crippen LogP contribution in [0.25, 0.3) is 10.2 Å². The molecule has 0 spiro atoms. The number of hydrogen-bond acceptors (Lipinski definition) is 7. The van der Waals surface area contributed by atoms with Gasteiger partial charge >= 0.3 is 5.97 Å². The molecule has 33 heavy (non-hydrogen) atoms. The Morgan fingerprint density at radius 1 is 1.09 bits per heavy atom. The van der Waals surface area contributed by atoms with Gasteiger partial charge in [0.1, 0.15) is 12.3 Å². The molecule has 0 fully saturated rings. The summed E-state index contributed by atoms with van der Waals surface area (Å²) < 4.78 is 37.8. The Hall–Kier alpha value is -2.98. The number of rotatable bonds is 9. The lowest BCUT2D eigenvalue weighted by atomic mass is 10.2. The molecule has 0 saturated carbocycles. The predicted molar refractivity (Wildman–Crippen MR) is 126 cm³/mol. The first-order chi connectivity index (χ1) is 15.8. The normalized spacial score (nSPS) is 12.2. The lowest BCUT2D eigenvalue weighted by molar-refractivity contribution is -0.143. The second kappa shape index (κ2) is 10.8. The van der Waals surface area contributed by atoms with Crippen molar-refractivity contribution in [2.45, 2.75) is 38.1 Å². The third kappa shape index (κ3) is 6.08. The summed E-state index contributed by atoms with van der Waals surface area (Å²) in [7, 11) is -2.16. The van der Waals surface area contributed by atoms with E-state index in [-0.39, 0.29) is 30.2 Å². The highest BCUT2D eigenvalue weighted by Crippen LogP contribution is 2.20. The monoisotopic (exact) mass is 490 g/mol. The van der Waals surface area contributed by atoms with Crippen LogP contribution < -0.4 is 9.54 Å². The Bertz CT molecular complexity index is 1320. The van der Waals surface area contributed by atoms with Gasteiger partial charge < -0.3 is 14.0 Å². The molecule has 1 amide bonds. The maximum atomic E-state index is 12.6. The van der Waals surface area contributed by atoms with E-state index in [4.69, 9.17) is 9.47 Å².